The molecule has 1 N–H and O–H groups in total. The van der Waals surface area contributed by atoms with Crippen LogP contribution in [0.4, 0.5) is 0 Å². The molecule has 1 nitrogen and oxygen atoms in total. The molecule has 88 valence electrons. The van der Waals surface area contributed by atoms with Gasteiger partial charge in [0.2, 0.25) is 0 Å². The molecule has 0 radical (unpaired) electrons. The Bertz CT molecular complexity index is 379. The summed E-state index contributed by atoms with van der Waals surface area (Å²) < 4.78 is 0. The van der Waals surface area contributed by atoms with Crippen molar-refractivity contribution in [3.8, 4) is 0 Å². The van der Waals surface area contributed by atoms with Gasteiger partial charge in [-0.1, -0.05) is 37.6 Å². The second-order valence-electron chi connectivity index (χ2n) is 5.86. The van der Waals surface area contributed by atoms with Gasteiger partial charge in [0.15, 0.2) is 0 Å². The predicted molar refractivity (Wildman–Crippen MR) is 67.6 cm³/mol. The summed E-state index contributed by atoms with van der Waals surface area (Å²) in [7, 11) is 0. The van der Waals surface area contributed by atoms with Crippen molar-refractivity contribution < 1.29 is 5.11 Å². The molecule has 1 aromatic carbocycles. The van der Waals surface area contributed by atoms with Crippen LogP contribution in [0.15, 0.2) is 18.2 Å². The fraction of sp³-hybridized carbons (Fsp3) is 0.600. The third-order valence-electron chi connectivity index (χ3n) is 4.10. The highest BCUT2D eigenvalue weighted by Gasteiger charge is 2.31. The molecule has 0 aromatic heterocycles. The fourth-order valence-corrected chi connectivity index (χ4v) is 2.68. The molecule has 1 heteroatoms. The van der Waals surface area contributed by atoms with Crippen LogP contribution < -0.4 is 0 Å². The van der Waals surface area contributed by atoms with E-state index in [4.69, 9.17) is 0 Å². The summed E-state index contributed by atoms with van der Waals surface area (Å²) in [4.78, 5) is 0. The van der Waals surface area contributed by atoms with Crippen LogP contribution >= 0.6 is 0 Å². The molecule has 1 unspecified atom stereocenters. The summed E-state index contributed by atoms with van der Waals surface area (Å²) in [6, 6.07) is 6.79. The average Bonchev–Trinajstić information content (AvgIpc) is 2.28. The normalized spacial score (nSPS) is 20.6. The van der Waals surface area contributed by atoms with Gasteiger partial charge in [0, 0.05) is 6.61 Å². The Kier molecular flexibility index (Phi) is 3.07. The Labute approximate surface area is 98.5 Å². The van der Waals surface area contributed by atoms with E-state index in [9.17, 15) is 5.11 Å². The number of hydrogen-bond donors (Lipinski definition) is 1. The van der Waals surface area contributed by atoms with E-state index >= 15 is 0 Å². The van der Waals surface area contributed by atoms with Crippen molar-refractivity contribution in [1.82, 2.24) is 0 Å². The molecule has 1 aliphatic rings. The van der Waals surface area contributed by atoms with Crippen LogP contribution in [0.1, 0.15) is 37.0 Å². The maximum absolute atomic E-state index is 9.45. The molecule has 1 atom stereocenters. The lowest BCUT2D eigenvalue weighted by Gasteiger charge is -2.36. The first-order valence-electron chi connectivity index (χ1n) is 6.22. The second-order valence-corrected chi connectivity index (χ2v) is 5.86. The zero-order valence-electron chi connectivity index (χ0n) is 10.6. The van der Waals surface area contributed by atoms with Gasteiger partial charge >= 0.3 is 0 Å². The van der Waals surface area contributed by atoms with Crippen molar-refractivity contribution in [1.29, 1.82) is 0 Å². The number of fused-ring (bicyclic) bond motifs is 1. The smallest absolute Gasteiger partial charge is 0.0484 e. The SMILES string of the molecule is Cc1ccc2c(c1)CC(C(C)(C)CO)CC2. The summed E-state index contributed by atoms with van der Waals surface area (Å²) >= 11 is 0. The topological polar surface area (TPSA) is 20.2 Å². The first kappa shape index (κ1) is 11.7. The highest BCUT2D eigenvalue weighted by Crippen LogP contribution is 2.37. The Morgan fingerprint density at radius 1 is 1.31 bits per heavy atom. The quantitative estimate of drug-likeness (QED) is 0.808. The minimum Gasteiger partial charge on any atom is -0.396 e. The maximum atomic E-state index is 9.45. The van der Waals surface area contributed by atoms with Crippen molar-refractivity contribution in [3.05, 3.63) is 34.9 Å². The molecule has 1 aromatic rings. The van der Waals surface area contributed by atoms with Crippen LogP contribution in [0.5, 0.6) is 0 Å². The first-order chi connectivity index (χ1) is 7.53. The van der Waals surface area contributed by atoms with Crippen molar-refractivity contribution in [3.63, 3.8) is 0 Å². The summed E-state index contributed by atoms with van der Waals surface area (Å²) in [5.74, 6) is 0.617. The van der Waals surface area contributed by atoms with Gasteiger partial charge in [-0.15, -0.1) is 0 Å². The molecule has 0 spiro atoms. The molecular weight excluding hydrogens is 196 g/mol. The molecule has 1 aliphatic carbocycles. The number of rotatable bonds is 2. The summed E-state index contributed by atoms with van der Waals surface area (Å²) in [6.07, 6.45) is 3.51. The first-order valence-corrected chi connectivity index (χ1v) is 6.22. The number of benzene rings is 1. The van der Waals surface area contributed by atoms with Gasteiger partial charge in [-0.25, -0.2) is 0 Å². The van der Waals surface area contributed by atoms with Crippen molar-refractivity contribution in [2.24, 2.45) is 11.3 Å². The van der Waals surface area contributed by atoms with Gasteiger partial charge in [-0.05, 0) is 48.6 Å². The number of hydrogen-bond acceptors (Lipinski definition) is 1. The van der Waals surface area contributed by atoms with E-state index < -0.39 is 0 Å². The summed E-state index contributed by atoms with van der Waals surface area (Å²) in [6.45, 7) is 6.80. The Morgan fingerprint density at radius 2 is 2.06 bits per heavy atom. The lowest BCUT2D eigenvalue weighted by Crippen LogP contribution is -2.32. The van der Waals surface area contributed by atoms with E-state index in [0.717, 1.165) is 6.42 Å². The largest absolute Gasteiger partial charge is 0.396 e. The van der Waals surface area contributed by atoms with Crippen molar-refractivity contribution in [2.45, 2.75) is 40.0 Å². The molecule has 0 amide bonds. The highest BCUT2D eigenvalue weighted by molar-refractivity contribution is 5.34. The van der Waals surface area contributed by atoms with E-state index in [1.807, 2.05) is 0 Å². The minimum absolute atomic E-state index is 0.0570. The van der Waals surface area contributed by atoms with Gasteiger partial charge in [-0.3, -0.25) is 0 Å². The van der Waals surface area contributed by atoms with Crippen LogP contribution in [0.25, 0.3) is 0 Å². The number of aliphatic hydroxyl groups is 1. The molecule has 0 fully saturated rings. The van der Waals surface area contributed by atoms with E-state index in [2.05, 4.69) is 39.0 Å². The molecule has 0 bridgehead atoms. The predicted octanol–water partition coefficient (Wildman–Crippen LogP) is 3.12. The lowest BCUT2D eigenvalue weighted by molar-refractivity contribution is 0.0875. The highest BCUT2D eigenvalue weighted by atomic mass is 16.3. The molecular formula is C15H22O. The van der Waals surface area contributed by atoms with Gasteiger partial charge < -0.3 is 5.11 Å². The number of aliphatic hydroxyl groups excluding tert-OH is 1. The van der Waals surface area contributed by atoms with E-state index in [0.29, 0.717) is 12.5 Å². The second kappa shape index (κ2) is 4.21. The Balaban J connectivity index is 2.23. The molecule has 16 heavy (non-hydrogen) atoms. The van der Waals surface area contributed by atoms with Crippen LogP contribution in [0.2, 0.25) is 0 Å². The van der Waals surface area contributed by atoms with Gasteiger partial charge in [0.1, 0.15) is 0 Å². The van der Waals surface area contributed by atoms with Crippen LogP contribution in [0.3, 0.4) is 0 Å². The maximum Gasteiger partial charge on any atom is 0.0484 e. The lowest BCUT2D eigenvalue weighted by atomic mass is 9.70. The van der Waals surface area contributed by atoms with Crippen LogP contribution in [-0.4, -0.2) is 11.7 Å². The van der Waals surface area contributed by atoms with E-state index in [1.165, 1.54) is 29.5 Å². The van der Waals surface area contributed by atoms with Crippen molar-refractivity contribution >= 4 is 0 Å². The van der Waals surface area contributed by atoms with Gasteiger partial charge in [-0.2, -0.15) is 0 Å². The zero-order chi connectivity index (χ0) is 11.8. The van der Waals surface area contributed by atoms with Crippen LogP contribution in [0, 0.1) is 18.3 Å². The molecule has 0 saturated heterocycles. The van der Waals surface area contributed by atoms with Gasteiger partial charge in [0.25, 0.3) is 0 Å². The molecule has 0 heterocycles. The molecule has 2 rings (SSSR count). The molecule has 0 saturated carbocycles. The summed E-state index contributed by atoms with van der Waals surface area (Å²) in [5, 5.41) is 9.45. The van der Waals surface area contributed by atoms with E-state index in [-0.39, 0.29) is 5.41 Å². The third-order valence-corrected chi connectivity index (χ3v) is 4.10. The third kappa shape index (κ3) is 2.15. The summed E-state index contributed by atoms with van der Waals surface area (Å²) in [5.41, 5.74) is 4.41. The van der Waals surface area contributed by atoms with Gasteiger partial charge in [0.05, 0.1) is 0 Å². The zero-order valence-corrected chi connectivity index (χ0v) is 10.6. The average molecular weight is 218 g/mol. The minimum atomic E-state index is 0.0570. The number of aryl methyl sites for hydroxylation is 2. The Hall–Kier alpha value is -0.820. The van der Waals surface area contributed by atoms with Crippen LogP contribution in [-0.2, 0) is 12.8 Å². The molecule has 0 aliphatic heterocycles. The van der Waals surface area contributed by atoms with E-state index in [1.54, 1.807) is 0 Å². The fourth-order valence-electron chi connectivity index (χ4n) is 2.68. The standard InChI is InChI=1S/C15H22O/c1-11-4-5-12-6-7-14(9-13(12)8-11)15(2,3)10-16/h4-5,8,14,16H,6-7,9-10H2,1-3H3. The monoisotopic (exact) mass is 218 g/mol. The van der Waals surface area contributed by atoms with Crippen molar-refractivity contribution in [2.75, 3.05) is 6.61 Å². The Morgan fingerprint density at radius 3 is 2.75 bits per heavy atom.